The Morgan fingerprint density at radius 2 is 1.67 bits per heavy atom. The van der Waals surface area contributed by atoms with E-state index in [1.807, 2.05) is 0 Å². The third-order valence-corrected chi connectivity index (χ3v) is 4.24. The highest BCUT2D eigenvalue weighted by atomic mass is 19.3. The monoisotopic (exact) mass is 382 g/mol. The van der Waals surface area contributed by atoms with Crippen molar-refractivity contribution in [3.63, 3.8) is 0 Å². The molecule has 0 atom stereocenters. The van der Waals surface area contributed by atoms with E-state index in [4.69, 9.17) is 4.74 Å². The number of alkyl halides is 2. The third kappa shape index (κ3) is 5.81. The van der Waals surface area contributed by atoms with Crippen LogP contribution in [0, 0.1) is 11.6 Å². The first kappa shape index (κ1) is 20.9. The van der Waals surface area contributed by atoms with Gasteiger partial charge >= 0.3 is 0 Å². The van der Waals surface area contributed by atoms with Crippen molar-refractivity contribution in [1.82, 2.24) is 0 Å². The first-order valence-electron chi connectivity index (χ1n) is 8.79. The molecule has 2 aromatic carbocycles. The van der Waals surface area contributed by atoms with E-state index in [1.165, 1.54) is 18.2 Å². The Kier molecular flexibility index (Phi) is 6.99. The predicted molar refractivity (Wildman–Crippen MR) is 95.4 cm³/mol. The minimum atomic E-state index is -2.84. The zero-order chi connectivity index (χ0) is 20.0. The molecule has 0 aliphatic rings. The number of carbonyl (C=O) groups excluding carboxylic acids is 1. The number of hydrogen-bond acceptors (Lipinski definition) is 2. The average Bonchev–Trinajstić information content (AvgIpc) is 2.59. The number of ether oxygens (including phenoxy) is 1. The Balaban J connectivity index is 1.75. The number of rotatable bonds is 9. The van der Waals surface area contributed by atoms with Crippen molar-refractivity contribution < 1.29 is 27.1 Å². The minimum absolute atomic E-state index is 0.00842. The highest BCUT2D eigenvalue weighted by molar-refractivity contribution is 5.95. The lowest BCUT2D eigenvalue weighted by atomic mass is 10.0. The van der Waals surface area contributed by atoms with Crippen LogP contribution >= 0.6 is 0 Å². The molecule has 0 saturated carbocycles. The van der Waals surface area contributed by atoms with E-state index < -0.39 is 28.9 Å². The van der Waals surface area contributed by atoms with Crippen molar-refractivity contribution in [2.24, 2.45) is 0 Å². The van der Waals surface area contributed by atoms with Crippen LogP contribution in [0.2, 0.25) is 0 Å². The molecule has 0 aromatic heterocycles. The summed E-state index contributed by atoms with van der Waals surface area (Å²) in [5.74, 6) is -5.55. The second-order valence-corrected chi connectivity index (χ2v) is 6.54. The van der Waals surface area contributed by atoms with Gasteiger partial charge in [0.2, 0.25) is 0 Å². The van der Waals surface area contributed by atoms with Gasteiger partial charge in [-0.1, -0.05) is 24.3 Å². The molecular formula is C21H22F4O2. The quantitative estimate of drug-likeness (QED) is 0.299. The van der Waals surface area contributed by atoms with Crippen LogP contribution in [0.4, 0.5) is 17.6 Å². The van der Waals surface area contributed by atoms with Crippen LogP contribution in [0.15, 0.2) is 36.4 Å². The van der Waals surface area contributed by atoms with E-state index in [-0.39, 0.29) is 17.9 Å². The van der Waals surface area contributed by atoms with Crippen molar-refractivity contribution >= 4 is 5.78 Å². The summed E-state index contributed by atoms with van der Waals surface area (Å²) in [4.78, 5) is 11.3. The van der Waals surface area contributed by atoms with Crippen molar-refractivity contribution in [2.45, 2.75) is 45.5 Å². The molecule has 0 radical (unpaired) electrons. The Bertz CT molecular complexity index is 780. The molecule has 0 unspecified atom stereocenters. The summed E-state index contributed by atoms with van der Waals surface area (Å²) in [6.07, 6.45) is 3.02. The zero-order valence-electron chi connectivity index (χ0n) is 15.3. The molecule has 2 rings (SSSR count). The number of benzene rings is 2. The number of halogens is 4. The number of aryl methyl sites for hydroxylation is 1. The number of hydrogen-bond donors (Lipinski definition) is 0. The largest absolute Gasteiger partial charge is 0.490 e. The van der Waals surface area contributed by atoms with Crippen LogP contribution in [0.25, 0.3) is 0 Å². The molecule has 0 aliphatic carbocycles. The van der Waals surface area contributed by atoms with Crippen LogP contribution in [-0.2, 0) is 12.3 Å². The van der Waals surface area contributed by atoms with E-state index >= 15 is 0 Å². The topological polar surface area (TPSA) is 26.3 Å². The molecule has 0 saturated heterocycles. The zero-order valence-corrected chi connectivity index (χ0v) is 15.3. The molecule has 0 bridgehead atoms. The summed E-state index contributed by atoms with van der Waals surface area (Å²) in [7, 11) is 0. The van der Waals surface area contributed by atoms with Crippen LogP contribution in [0.5, 0.6) is 5.75 Å². The fourth-order valence-electron chi connectivity index (χ4n) is 2.72. The first-order valence-corrected chi connectivity index (χ1v) is 8.79. The van der Waals surface area contributed by atoms with E-state index in [0.717, 1.165) is 44.7 Å². The highest BCUT2D eigenvalue weighted by Crippen LogP contribution is 2.27. The second-order valence-electron chi connectivity index (χ2n) is 6.54. The van der Waals surface area contributed by atoms with Crippen molar-refractivity contribution in [1.29, 1.82) is 0 Å². The molecule has 0 N–H and O–H groups in total. The summed E-state index contributed by atoms with van der Waals surface area (Å²) in [6, 6.07) is 8.44. The number of ketones is 1. The Morgan fingerprint density at radius 3 is 2.26 bits per heavy atom. The maximum absolute atomic E-state index is 14.1. The average molecular weight is 382 g/mol. The molecule has 6 heteroatoms. The summed E-state index contributed by atoms with van der Waals surface area (Å²) in [5, 5.41) is 0. The fraction of sp³-hybridized carbons (Fsp3) is 0.381. The van der Waals surface area contributed by atoms with Crippen molar-refractivity contribution in [3.05, 3.63) is 64.7 Å². The fourth-order valence-corrected chi connectivity index (χ4v) is 2.72. The van der Waals surface area contributed by atoms with Gasteiger partial charge in [0.1, 0.15) is 5.82 Å². The third-order valence-electron chi connectivity index (χ3n) is 4.24. The van der Waals surface area contributed by atoms with E-state index in [2.05, 4.69) is 0 Å². The van der Waals surface area contributed by atoms with Crippen LogP contribution in [0.3, 0.4) is 0 Å². The van der Waals surface area contributed by atoms with Gasteiger partial charge < -0.3 is 4.74 Å². The van der Waals surface area contributed by atoms with E-state index in [9.17, 15) is 22.4 Å². The Labute approximate surface area is 156 Å². The molecule has 0 amide bonds. The standard InChI is InChI=1S/C21H22F4O2/c1-14(26)19-17(22)11-12-18(20(19)23)27-13-5-3-4-6-15-7-9-16(10-8-15)21(2,24)25/h7-12H,3-6,13H2,1-2H3. The smallest absolute Gasteiger partial charge is 0.270 e. The molecule has 146 valence electrons. The summed E-state index contributed by atoms with van der Waals surface area (Å²) in [5.41, 5.74) is 0.374. The molecule has 2 aromatic rings. The lowest BCUT2D eigenvalue weighted by Crippen LogP contribution is -2.06. The Morgan fingerprint density at radius 1 is 1.00 bits per heavy atom. The highest BCUT2D eigenvalue weighted by Gasteiger charge is 2.23. The molecule has 0 spiro atoms. The van der Waals surface area contributed by atoms with E-state index in [0.29, 0.717) is 6.42 Å². The second kappa shape index (κ2) is 9.02. The van der Waals surface area contributed by atoms with Crippen molar-refractivity contribution in [3.8, 4) is 5.75 Å². The number of carbonyl (C=O) groups is 1. The van der Waals surface area contributed by atoms with Gasteiger partial charge in [0.05, 0.1) is 12.2 Å². The van der Waals surface area contributed by atoms with E-state index in [1.54, 1.807) is 12.1 Å². The lowest BCUT2D eigenvalue weighted by Gasteiger charge is -2.11. The van der Waals surface area contributed by atoms with Crippen molar-refractivity contribution in [2.75, 3.05) is 6.61 Å². The molecule has 0 fully saturated rings. The number of unbranched alkanes of at least 4 members (excludes halogenated alkanes) is 2. The van der Waals surface area contributed by atoms with Gasteiger partial charge in [0.25, 0.3) is 5.92 Å². The summed E-state index contributed by atoms with van der Waals surface area (Å²) in [6.45, 7) is 2.20. The number of Topliss-reactive ketones (excluding diaryl/α,β-unsaturated/α-hetero) is 1. The van der Waals surface area contributed by atoms with Gasteiger partial charge in [-0.25, -0.2) is 17.6 Å². The Hall–Kier alpha value is -2.37. The maximum atomic E-state index is 14.1. The molecule has 27 heavy (non-hydrogen) atoms. The molecular weight excluding hydrogens is 360 g/mol. The molecule has 0 heterocycles. The van der Waals surface area contributed by atoms with Crippen LogP contribution in [0.1, 0.15) is 54.6 Å². The maximum Gasteiger partial charge on any atom is 0.270 e. The van der Waals surface area contributed by atoms with Crippen LogP contribution < -0.4 is 4.74 Å². The van der Waals surface area contributed by atoms with Crippen LogP contribution in [-0.4, -0.2) is 12.4 Å². The molecule has 2 nitrogen and oxygen atoms in total. The minimum Gasteiger partial charge on any atom is -0.490 e. The molecule has 0 aliphatic heterocycles. The van der Waals surface area contributed by atoms with Gasteiger partial charge in [-0.15, -0.1) is 0 Å². The first-order chi connectivity index (χ1) is 12.7. The summed E-state index contributed by atoms with van der Waals surface area (Å²) >= 11 is 0. The summed E-state index contributed by atoms with van der Waals surface area (Å²) < 4.78 is 59.1. The SMILES string of the molecule is CC(=O)c1c(F)ccc(OCCCCCc2ccc(C(C)(F)F)cc2)c1F. The van der Waals surface area contributed by atoms with Gasteiger partial charge in [-0.3, -0.25) is 4.79 Å². The van der Waals surface area contributed by atoms with Gasteiger partial charge in [0.15, 0.2) is 17.3 Å². The van der Waals surface area contributed by atoms with Gasteiger partial charge in [0, 0.05) is 12.5 Å². The van der Waals surface area contributed by atoms with Gasteiger partial charge in [-0.2, -0.15) is 0 Å². The lowest BCUT2D eigenvalue weighted by molar-refractivity contribution is 0.0174. The predicted octanol–water partition coefficient (Wildman–Crippen LogP) is 6.07. The van der Waals surface area contributed by atoms with Gasteiger partial charge in [-0.05, 0) is 50.3 Å². The normalized spacial score (nSPS) is 11.5.